The van der Waals surface area contributed by atoms with Crippen LogP contribution in [0.1, 0.15) is 58.6 Å². The van der Waals surface area contributed by atoms with E-state index in [9.17, 15) is 22.8 Å². The molecule has 8 nitrogen and oxygen atoms in total. The van der Waals surface area contributed by atoms with Gasteiger partial charge in [-0.1, -0.05) is 13.8 Å². The smallest absolute Gasteiger partial charge is 0.417 e. The van der Waals surface area contributed by atoms with Crippen molar-refractivity contribution in [3.05, 3.63) is 53.6 Å². The maximum Gasteiger partial charge on any atom is 0.417 e. The normalized spacial score (nSPS) is 21.1. The summed E-state index contributed by atoms with van der Waals surface area (Å²) in [6, 6.07) is 11.6. The molecular weight excluding hydrogens is 539 g/mol. The summed E-state index contributed by atoms with van der Waals surface area (Å²) in [7, 11) is 1.81. The largest absolute Gasteiger partial charge is 0.493 e. The standard InChI is InChI=1S/C28H32F3N3O4.C2H4O/c1-6-27(13-14-37-22-11-8-20(33-5)9-12-22)24(18(2)26(3,4)38-27)25(36)34(17-35)21-10-7-19(16-32)23(15-21)28(29,30)31;1-2-3/h7-12,15,17-18,24,33H,6,13-14H2,1-5H3;2H,1H3. The number of imide groups is 1. The van der Waals surface area contributed by atoms with Crippen LogP contribution in [0.5, 0.6) is 5.75 Å². The van der Waals surface area contributed by atoms with E-state index in [2.05, 4.69) is 5.32 Å². The van der Waals surface area contributed by atoms with Crippen molar-refractivity contribution in [1.29, 1.82) is 5.26 Å². The number of carbonyl (C=O) groups is 3. The first-order valence-corrected chi connectivity index (χ1v) is 13.2. The molecule has 0 bridgehead atoms. The van der Waals surface area contributed by atoms with Crippen LogP contribution >= 0.6 is 0 Å². The number of amides is 2. The monoisotopic (exact) mass is 575 g/mol. The summed E-state index contributed by atoms with van der Waals surface area (Å²) < 4.78 is 53.1. The maximum absolute atomic E-state index is 13.9. The number of nitrogens with one attached hydrogen (secondary N) is 1. The van der Waals surface area contributed by atoms with Gasteiger partial charge < -0.3 is 19.6 Å². The number of rotatable bonds is 9. The van der Waals surface area contributed by atoms with Crippen LogP contribution in [0, 0.1) is 23.2 Å². The van der Waals surface area contributed by atoms with Crippen molar-refractivity contribution < 1.29 is 37.0 Å². The number of nitriles is 1. The number of benzene rings is 2. The number of ether oxygens (including phenoxy) is 2. The molecule has 222 valence electrons. The number of hydrogen-bond donors (Lipinski definition) is 1. The van der Waals surface area contributed by atoms with Crippen LogP contribution in [0.25, 0.3) is 0 Å². The Morgan fingerprint density at radius 1 is 1.20 bits per heavy atom. The second-order valence-electron chi connectivity index (χ2n) is 10.2. The first-order chi connectivity index (χ1) is 19.2. The fraction of sp³-hybridized carbons (Fsp3) is 0.467. The summed E-state index contributed by atoms with van der Waals surface area (Å²) in [5.41, 5.74) is -2.92. The van der Waals surface area contributed by atoms with E-state index >= 15 is 0 Å². The molecule has 3 rings (SSSR count). The van der Waals surface area contributed by atoms with Crippen LogP contribution in [-0.2, 0) is 25.3 Å². The highest BCUT2D eigenvalue weighted by Gasteiger charge is 2.59. The zero-order valence-electron chi connectivity index (χ0n) is 24.0. The van der Waals surface area contributed by atoms with Crippen molar-refractivity contribution in [1.82, 2.24) is 0 Å². The minimum atomic E-state index is -4.83. The molecule has 3 atom stereocenters. The first kappa shape index (κ1) is 33.3. The number of nitrogens with zero attached hydrogens (tertiary/aromatic N) is 2. The lowest BCUT2D eigenvalue weighted by Gasteiger charge is -2.35. The number of carbonyl (C=O) groups excluding carboxylic acids is 3. The molecule has 1 fully saturated rings. The Hall–Kier alpha value is -3.91. The summed E-state index contributed by atoms with van der Waals surface area (Å²) in [6.45, 7) is 9.06. The molecule has 0 aliphatic carbocycles. The van der Waals surface area contributed by atoms with E-state index in [0.29, 0.717) is 29.6 Å². The quantitative estimate of drug-likeness (QED) is 0.366. The molecule has 2 amide bonds. The van der Waals surface area contributed by atoms with E-state index < -0.39 is 40.3 Å². The first-order valence-electron chi connectivity index (χ1n) is 13.2. The van der Waals surface area contributed by atoms with E-state index in [1.807, 2.05) is 59.0 Å². The Balaban J connectivity index is 0.00000187. The molecule has 1 saturated heterocycles. The van der Waals surface area contributed by atoms with Gasteiger partial charge in [0.25, 0.3) is 0 Å². The van der Waals surface area contributed by atoms with Gasteiger partial charge in [-0.15, -0.1) is 0 Å². The predicted molar refractivity (Wildman–Crippen MR) is 148 cm³/mol. The van der Waals surface area contributed by atoms with Crippen molar-refractivity contribution >= 4 is 30.0 Å². The van der Waals surface area contributed by atoms with Gasteiger partial charge in [-0.3, -0.25) is 14.5 Å². The van der Waals surface area contributed by atoms with Crippen molar-refractivity contribution in [2.24, 2.45) is 11.8 Å². The van der Waals surface area contributed by atoms with Gasteiger partial charge in [0.15, 0.2) is 0 Å². The summed E-state index contributed by atoms with van der Waals surface area (Å²) in [4.78, 5) is 35.5. The third kappa shape index (κ3) is 7.44. The van der Waals surface area contributed by atoms with Crippen LogP contribution < -0.4 is 15.0 Å². The van der Waals surface area contributed by atoms with Gasteiger partial charge in [0.1, 0.15) is 12.0 Å². The van der Waals surface area contributed by atoms with Crippen LogP contribution in [0.3, 0.4) is 0 Å². The minimum Gasteiger partial charge on any atom is -0.493 e. The lowest BCUT2D eigenvalue weighted by molar-refractivity contribution is -0.139. The molecule has 0 spiro atoms. The Bertz CT molecular complexity index is 1260. The number of hydrogen-bond acceptors (Lipinski definition) is 7. The molecule has 0 aromatic heterocycles. The second-order valence-corrected chi connectivity index (χ2v) is 10.2. The van der Waals surface area contributed by atoms with Gasteiger partial charge in [0.05, 0.1) is 46.6 Å². The van der Waals surface area contributed by atoms with E-state index in [1.165, 1.54) is 13.0 Å². The van der Waals surface area contributed by atoms with Crippen LogP contribution in [0.4, 0.5) is 24.5 Å². The molecule has 41 heavy (non-hydrogen) atoms. The highest BCUT2D eigenvalue weighted by Crippen LogP contribution is 2.51. The molecule has 3 unspecified atom stereocenters. The molecular formula is C30H36F3N3O5. The van der Waals surface area contributed by atoms with Crippen molar-refractivity contribution in [2.45, 2.75) is 64.8 Å². The Morgan fingerprint density at radius 2 is 1.80 bits per heavy atom. The molecule has 1 aliphatic rings. The second kappa shape index (κ2) is 13.6. The number of alkyl halides is 3. The van der Waals surface area contributed by atoms with Gasteiger partial charge in [-0.2, -0.15) is 18.4 Å². The highest BCUT2D eigenvalue weighted by molar-refractivity contribution is 6.08. The third-order valence-electron chi connectivity index (χ3n) is 7.48. The number of halogens is 3. The molecule has 1 aliphatic heterocycles. The average molecular weight is 576 g/mol. The van der Waals surface area contributed by atoms with Crippen molar-refractivity contribution in [2.75, 3.05) is 23.9 Å². The lowest BCUT2D eigenvalue weighted by atomic mass is 9.73. The van der Waals surface area contributed by atoms with Crippen LogP contribution in [0.15, 0.2) is 42.5 Å². The van der Waals surface area contributed by atoms with E-state index in [4.69, 9.17) is 19.5 Å². The Kier molecular flexibility index (Phi) is 11.1. The maximum atomic E-state index is 13.9. The molecule has 1 heterocycles. The predicted octanol–water partition coefficient (Wildman–Crippen LogP) is 5.99. The lowest BCUT2D eigenvalue weighted by Crippen LogP contribution is -2.48. The molecule has 11 heteroatoms. The number of aldehydes is 1. The number of anilines is 2. The molecule has 2 aromatic carbocycles. The topological polar surface area (TPSA) is 109 Å². The van der Waals surface area contributed by atoms with E-state index in [-0.39, 0.29) is 24.6 Å². The zero-order chi connectivity index (χ0) is 31.0. The summed E-state index contributed by atoms with van der Waals surface area (Å²) >= 11 is 0. The van der Waals surface area contributed by atoms with Gasteiger partial charge in [-0.05, 0) is 75.6 Å². The minimum absolute atomic E-state index is 0.210. The van der Waals surface area contributed by atoms with Crippen LogP contribution in [-0.4, -0.2) is 43.5 Å². The van der Waals surface area contributed by atoms with Gasteiger partial charge in [-0.25, -0.2) is 0 Å². The van der Waals surface area contributed by atoms with Crippen LogP contribution in [0.2, 0.25) is 0 Å². The Morgan fingerprint density at radius 3 is 2.29 bits per heavy atom. The molecule has 2 aromatic rings. The van der Waals surface area contributed by atoms with Gasteiger partial charge >= 0.3 is 6.18 Å². The average Bonchev–Trinajstić information content (AvgIpc) is 3.14. The summed E-state index contributed by atoms with van der Waals surface area (Å²) in [6.07, 6.45) is -3.15. The third-order valence-corrected chi connectivity index (χ3v) is 7.48. The van der Waals surface area contributed by atoms with E-state index in [1.54, 1.807) is 0 Å². The molecule has 0 saturated carbocycles. The summed E-state index contributed by atoms with van der Waals surface area (Å²) in [5.74, 6) is -1.24. The highest BCUT2D eigenvalue weighted by atomic mass is 19.4. The summed E-state index contributed by atoms with van der Waals surface area (Å²) in [5, 5.41) is 12.1. The Labute approximate surface area is 238 Å². The van der Waals surface area contributed by atoms with Gasteiger partial charge in [0.2, 0.25) is 12.3 Å². The fourth-order valence-electron chi connectivity index (χ4n) is 5.12. The zero-order valence-corrected chi connectivity index (χ0v) is 24.0. The molecule has 1 N–H and O–H groups in total. The SMILES string of the molecule is CC=O.CCC1(CCOc2ccc(NC)cc2)OC(C)(C)C(C)C1C(=O)N(C=O)c1ccc(C#N)c(C(F)(F)F)c1. The molecule has 0 radical (unpaired) electrons. The fourth-order valence-corrected chi connectivity index (χ4v) is 5.12. The van der Waals surface area contributed by atoms with Gasteiger partial charge in [0, 0.05) is 19.2 Å². The van der Waals surface area contributed by atoms with Crippen molar-refractivity contribution in [3.8, 4) is 11.8 Å². The van der Waals surface area contributed by atoms with Crippen molar-refractivity contribution in [3.63, 3.8) is 0 Å². The van der Waals surface area contributed by atoms with E-state index in [0.717, 1.165) is 24.1 Å².